The molecule has 2 aromatic rings. The standard InChI is InChI=1S/C23H31N3O2/c1-4-20-7-5-6-8-21(20)24-22(27)16-26-11-9-25(10-12-26)15-19-13-17(2)23(28)18(3)14-19/h5-8,13-14,28H,4,9-12,15-16H2,1-3H3,(H,24,27). The zero-order chi connectivity index (χ0) is 20.1. The fourth-order valence-electron chi connectivity index (χ4n) is 3.84. The van der Waals surface area contributed by atoms with Gasteiger partial charge in [0.2, 0.25) is 5.91 Å². The van der Waals surface area contributed by atoms with Crippen LogP contribution in [-0.2, 0) is 17.8 Å². The van der Waals surface area contributed by atoms with Crippen molar-refractivity contribution in [2.24, 2.45) is 0 Å². The van der Waals surface area contributed by atoms with E-state index in [0.29, 0.717) is 12.3 Å². The average molecular weight is 382 g/mol. The van der Waals surface area contributed by atoms with Gasteiger partial charge in [-0.15, -0.1) is 0 Å². The number of phenols is 1. The van der Waals surface area contributed by atoms with E-state index in [1.807, 2.05) is 32.0 Å². The number of aryl methyl sites for hydroxylation is 3. The van der Waals surface area contributed by atoms with E-state index < -0.39 is 0 Å². The minimum Gasteiger partial charge on any atom is -0.507 e. The molecule has 1 saturated heterocycles. The molecule has 2 N–H and O–H groups in total. The maximum absolute atomic E-state index is 12.4. The first kappa shape index (κ1) is 20.4. The number of carbonyl (C=O) groups excluding carboxylic acids is 1. The SMILES string of the molecule is CCc1ccccc1NC(=O)CN1CCN(Cc2cc(C)c(O)c(C)c2)CC1. The maximum Gasteiger partial charge on any atom is 0.238 e. The fourth-order valence-corrected chi connectivity index (χ4v) is 3.84. The van der Waals surface area contributed by atoms with Gasteiger partial charge in [-0.2, -0.15) is 0 Å². The van der Waals surface area contributed by atoms with E-state index in [1.165, 1.54) is 11.1 Å². The highest BCUT2D eigenvalue weighted by molar-refractivity contribution is 5.93. The maximum atomic E-state index is 12.4. The van der Waals surface area contributed by atoms with E-state index in [9.17, 15) is 9.90 Å². The Morgan fingerprint density at radius 3 is 2.29 bits per heavy atom. The molecule has 150 valence electrons. The van der Waals surface area contributed by atoms with Crippen LogP contribution in [0.15, 0.2) is 36.4 Å². The Balaban J connectivity index is 1.48. The molecule has 0 radical (unpaired) electrons. The van der Waals surface area contributed by atoms with Crippen LogP contribution < -0.4 is 5.32 Å². The van der Waals surface area contributed by atoms with Crippen LogP contribution in [0, 0.1) is 13.8 Å². The van der Waals surface area contributed by atoms with E-state index >= 15 is 0 Å². The van der Waals surface area contributed by atoms with Gasteiger partial charge in [-0.3, -0.25) is 14.6 Å². The molecule has 2 aromatic carbocycles. The van der Waals surface area contributed by atoms with Gasteiger partial charge in [-0.1, -0.05) is 37.3 Å². The number of nitrogens with zero attached hydrogens (tertiary/aromatic N) is 2. The predicted molar refractivity (Wildman–Crippen MR) is 114 cm³/mol. The number of benzene rings is 2. The molecule has 1 fully saturated rings. The van der Waals surface area contributed by atoms with Crippen LogP contribution in [0.1, 0.15) is 29.2 Å². The smallest absolute Gasteiger partial charge is 0.238 e. The topological polar surface area (TPSA) is 55.8 Å². The molecule has 0 bridgehead atoms. The summed E-state index contributed by atoms with van der Waals surface area (Å²) in [6.45, 7) is 11.0. The molecule has 0 spiro atoms. The normalized spacial score (nSPS) is 15.5. The zero-order valence-corrected chi connectivity index (χ0v) is 17.2. The summed E-state index contributed by atoms with van der Waals surface area (Å²) < 4.78 is 0. The van der Waals surface area contributed by atoms with Crippen LogP contribution in [0.2, 0.25) is 0 Å². The highest BCUT2D eigenvalue weighted by atomic mass is 16.3. The van der Waals surface area contributed by atoms with Gasteiger partial charge in [0.25, 0.3) is 0 Å². The number of amides is 1. The minimum absolute atomic E-state index is 0.0548. The summed E-state index contributed by atoms with van der Waals surface area (Å²) in [6, 6.07) is 12.1. The van der Waals surface area contributed by atoms with Crippen LogP contribution in [0.3, 0.4) is 0 Å². The second-order valence-electron chi connectivity index (χ2n) is 7.69. The van der Waals surface area contributed by atoms with Crippen molar-refractivity contribution in [1.82, 2.24) is 9.80 Å². The number of para-hydroxylation sites is 1. The molecule has 28 heavy (non-hydrogen) atoms. The lowest BCUT2D eigenvalue weighted by molar-refractivity contribution is -0.117. The van der Waals surface area contributed by atoms with Crippen molar-refractivity contribution in [3.8, 4) is 5.75 Å². The Bertz CT molecular complexity index is 803. The van der Waals surface area contributed by atoms with Gasteiger partial charge in [0, 0.05) is 38.4 Å². The first-order chi connectivity index (χ1) is 13.5. The third-order valence-corrected chi connectivity index (χ3v) is 5.46. The Labute approximate surface area is 168 Å². The molecule has 0 saturated carbocycles. The molecule has 1 aliphatic rings. The summed E-state index contributed by atoms with van der Waals surface area (Å²) >= 11 is 0. The Morgan fingerprint density at radius 2 is 1.64 bits per heavy atom. The number of phenolic OH excluding ortho intramolecular Hbond substituents is 1. The molecule has 1 amide bonds. The van der Waals surface area contributed by atoms with Gasteiger partial charge in [0.05, 0.1) is 6.54 Å². The van der Waals surface area contributed by atoms with E-state index in [0.717, 1.165) is 56.0 Å². The van der Waals surface area contributed by atoms with Crippen molar-refractivity contribution in [1.29, 1.82) is 0 Å². The third kappa shape index (κ3) is 5.12. The Kier molecular flexibility index (Phi) is 6.70. The number of carbonyl (C=O) groups is 1. The second kappa shape index (κ2) is 9.22. The molecule has 0 atom stereocenters. The summed E-state index contributed by atoms with van der Waals surface area (Å²) in [5.41, 5.74) is 5.18. The monoisotopic (exact) mass is 381 g/mol. The molecular weight excluding hydrogens is 350 g/mol. The Morgan fingerprint density at radius 1 is 1.04 bits per heavy atom. The molecule has 0 aliphatic carbocycles. The molecule has 1 heterocycles. The number of anilines is 1. The summed E-state index contributed by atoms with van der Waals surface area (Å²) in [5.74, 6) is 0.448. The molecule has 3 rings (SSSR count). The third-order valence-electron chi connectivity index (χ3n) is 5.46. The molecule has 1 aliphatic heterocycles. The second-order valence-corrected chi connectivity index (χ2v) is 7.69. The minimum atomic E-state index is 0.0548. The lowest BCUT2D eigenvalue weighted by Crippen LogP contribution is -2.48. The highest BCUT2D eigenvalue weighted by Gasteiger charge is 2.19. The van der Waals surface area contributed by atoms with E-state index in [2.05, 4.69) is 40.2 Å². The lowest BCUT2D eigenvalue weighted by Gasteiger charge is -2.34. The van der Waals surface area contributed by atoms with Gasteiger partial charge in [-0.25, -0.2) is 0 Å². The van der Waals surface area contributed by atoms with Crippen LogP contribution in [0.4, 0.5) is 5.69 Å². The largest absolute Gasteiger partial charge is 0.507 e. The number of piperazine rings is 1. The van der Waals surface area contributed by atoms with Crippen molar-refractivity contribution < 1.29 is 9.90 Å². The number of hydrogen-bond acceptors (Lipinski definition) is 4. The summed E-state index contributed by atoms with van der Waals surface area (Å²) in [4.78, 5) is 17.1. The van der Waals surface area contributed by atoms with Crippen molar-refractivity contribution in [3.05, 3.63) is 58.7 Å². The van der Waals surface area contributed by atoms with Crippen LogP contribution in [0.25, 0.3) is 0 Å². The quantitative estimate of drug-likeness (QED) is 0.806. The van der Waals surface area contributed by atoms with E-state index in [1.54, 1.807) is 0 Å². The molecular formula is C23H31N3O2. The van der Waals surface area contributed by atoms with Gasteiger partial charge in [0.15, 0.2) is 0 Å². The van der Waals surface area contributed by atoms with Gasteiger partial charge in [-0.05, 0) is 48.6 Å². The fraction of sp³-hybridized carbons (Fsp3) is 0.435. The van der Waals surface area contributed by atoms with Crippen molar-refractivity contribution in [3.63, 3.8) is 0 Å². The first-order valence-corrected chi connectivity index (χ1v) is 10.1. The number of aromatic hydroxyl groups is 1. The zero-order valence-electron chi connectivity index (χ0n) is 17.2. The van der Waals surface area contributed by atoms with Crippen LogP contribution in [0.5, 0.6) is 5.75 Å². The molecule has 5 heteroatoms. The number of hydrogen-bond donors (Lipinski definition) is 2. The van der Waals surface area contributed by atoms with Crippen LogP contribution >= 0.6 is 0 Å². The first-order valence-electron chi connectivity index (χ1n) is 10.1. The van der Waals surface area contributed by atoms with Crippen molar-refractivity contribution >= 4 is 11.6 Å². The van der Waals surface area contributed by atoms with E-state index in [4.69, 9.17) is 0 Å². The lowest BCUT2D eigenvalue weighted by atomic mass is 10.1. The summed E-state index contributed by atoms with van der Waals surface area (Å²) in [7, 11) is 0. The molecule has 5 nitrogen and oxygen atoms in total. The number of rotatable bonds is 6. The summed E-state index contributed by atoms with van der Waals surface area (Å²) in [6.07, 6.45) is 0.908. The van der Waals surface area contributed by atoms with Gasteiger partial charge >= 0.3 is 0 Å². The van der Waals surface area contributed by atoms with Gasteiger partial charge < -0.3 is 10.4 Å². The van der Waals surface area contributed by atoms with Gasteiger partial charge in [0.1, 0.15) is 5.75 Å². The summed E-state index contributed by atoms with van der Waals surface area (Å²) in [5, 5.41) is 13.0. The molecule has 0 aromatic heterocycles. The highest BCUT2D eigenvalue weighted by Crippen LogP contribution is 2.24. The van der Waals surface area contributed by atoms with Crippen molar-refractivity contribution in [2.75, 3.05) is 38.0 Å². The van der Waals surface area contributed by atoms with Crippen molar-refractivity contribution in [2.45, 2.75) is 33.7 Å². The Hall–Kier alpha value is -2.37. The number of nitrogens with one attached hydrogen (secondary N) is 1. The van der Waals surface area contributed by atoms with E-state index in [-0.39, 0.29) is 5.91 Å². The predicted octanol–water partition coefficient (Wildman–Crippen LogP) is 3.33. The average Bonchev–Trinajstić information content (AvgIpc) is 2.68. The molecule has 0 unspecified atom stereocenters. The van der Waals surface area contributed by atoms with Crippen LogP contribution in [-0.4, -0.2) is 53.5 Å².